The third-order valence-electron chi connectivity index (χ3n) is 5.37. The molecule has 0 radical (unpaired) electrons. The number of amides is 2. The van der Waals surface area contributed by atoms with Gasteiger partial charge in [-0.15, -0.1) is 17.5 Å². The number of benzene rings is 1. The van der Waals surface area contributed by atoms with Gasteiger partial charge in [-0.3, -0.25) is 9.59 Å². The second kappa shape index (κ2) is 13.0. The van der Waals surface area contributed by atoms with Crippen molar-refractivity contribution in [2.24, 2.45) is 0 Å². The molecule has 1 aliphatic rings. The van der Waals surface area contributed by atoms with Gasteiger partial charge in [0.15, 0.2) is 0 Å². The van der Waals surface area contributed by atoms with E-state index < -0.39 is 0 Å². The molecule has 1 aliphatic heterocycles. The maximum atomic E-state index is 12.8. The fraction of sp³-hybridized carbons (Fsp3) is 0.571. The number of aryl methyl sites for hydroxylation is 2. The SMILES string of the molecule is Cc1nnnn1CCC(=O)N1CCCCNC(=O)CC(c2ccccc2)NCCC1.Cl. The minimum Gasteiger partial charge on any atom is -0.356 e. The number of halogens is 1. The highest BCUT2D eigenvalue weighted by Gasteiger charge is 2.18. The van der Waals surface area contributed by atoms with E-state index in [-0.39, 0.29) is 30.3 Å². The molecule has 0 aliphatic carbocycles. The number of nitrogens with zero attached hydrogens (tertiary/aromatic N) is 5. The van der Waals surface area contributed by atoms with Crippen LogP contribution in [0.3, 0.4) is 0 Å². The molecule has 1 aromatic heterocycles. The second-order valence-electron chi connectivity index (χ2n) is 7.61. The summed E-state index contributed by atoms with van der Waals surface area (Å²) in [5.74, 6) is 0.878. The molecule has 1 saturated heterocycles. The van der Waals surface area contributed by atoms with Crippen LogP contribution in [-0.4, -0.2) is 63.1 Å². The zero-order valence-electron chi connectivity index (χ0n) is 18.0. The number of tetrazole rings is 1. The van der Waals surface area contributed by atoms with E-state index >= 15 is 0 Å². The van der Waals surface area contributed by atoms with Crippen molar-refractivity contribution in [2.45, 2.75) is 51.6 Å². The Labute approximate surface area is 189 Å². The minimum absolute atomic E-state index is 0. The van der Waals surface area contributed by atoms with Crippen molar-refractivity contribution in [1.82, 2.24) is 35.7 Å². The Morgan fingerprint density at radius 2 is 1.90 bits per heavy atom. The van der Waals surface area contributed by atoms with Gasteiger partial charge in [-0.1, -0.05) is 30.3 Å². The lowest BCUT2D eigenvalue weighted by molar-refractivity contribution is -0.131. The molecule has 2 amide bonds. The van der Waals surface area contributed by atoms with Gasteiger partial charge in [0, 0.05) is 38.5 Å². The number of hydrogen-bond acceptors (Lipinski definition) is 6. The van der Waals surface area contributed by atoms with Crippen LogP contribution < -0.4 is 10.6 Å². The van der Waals surface area contributed by atoms with E-state index in [9.17, 15) is 9.59 Å². The predicted molar refractivity (Wildman–Crippen MR) is 120 cm³/mol. The molecule has 2 heterocycles. The van der Waals surface area contributed by atoms with Gasteiger partial charge in [0.2, 0.25) is 11.8 Å². The molecule has 3 rings (SSSR count). The van der Waals surface area contributed by atoms with Crippen LogP contribution in [0.2, 0.25) is 0 Å². The highest BCUT2D eigenvalue weighted by Crippen LogP contribution is 2.17. The van der Waals surface area contributed by atoms with Gasteiger partial charge in [0.25, 0.3) is 0 Å². The molecule has 0 bridgehead atoms. The summed E-state index contributed by atoms with van der Waals surface area (Å²) in [5.41, 5.74) is 1.10. The molecular weight excluding hydrogens is 418 g/mol. The van der Waals surface area contributed by atoms with Gasteiger partial charge in [-0.25, -0.2) is 4.68 Å². The van der Waals surface area contributed by atoms with Gasteiger partial charge >= 0.3 is 0 Å². The lowest BCUT2D eigenvalue weighted by Gasteiger charge is -2.23. The Bertz CT molecular complexity index is 815. The van der Waals surface area contributed by atoms with Crippen molar-refractivity contribution in [2.75, 3.05) is 26.2 Å². The third kappa shape index (κ3) is 7.91. The van der Waals surface area contributed by atoms with E-state index in [1.165, 1.54) is 0 Å². The molecule has 0 spiro atoms. The Morgan fingerprint density at radius 1 is 1.13 bits per heavy atom. The van der Waals surface area contributed by atoms with Gasteiger partial charge in [-0.05, 0) is 48.7 Å². The van der Waals surface area contributed by atoms with Crippen LogP contribution in [0.5, 0.6) is 0 Å². The van der Waals surface area contributed by atoms with E-state index in [1.807, 2.05) is 42.2 Å². The molecular formula is C21H32ClN7O2. The van der Waals surface area contributed by atoms with Crippen LogP contribution in [0.25, 0.3) is 0 Å². The number of rotatable bonds is 4. The normalized spacial score (nSPS) is 18.7. The zero-order valence-corrected chi connectivity index (χ0v) is 18.8. The fourth-order valence-corrected chi connectivity index (χ4v) is 3.63. The van der Waals surface area contributed by atoms with Crippen molar-refractivity contribution in [3.8, 4) is 0 Å². The van der Waals surface area contributed by atoms with Gasteiger partial charge in [0.1, 0.15) is 5.82 Å². The first-order valence-corrected chi connectivity index (χ1v) is 10.7. The van der Waals surface area contributed by atoms with Crippen molar-refractivity contribution in [3.63, 3.8) is 0 Å². The molecule has 0 saturated carbocycles. The molecule has 10 heteroatoms. The molecule has 1 unspecified atom stereocenters. The molecule has 170 valence electrons. The Hall–Kier alpha value is -2.52. The fourth-order valence-electron chi connectivity index (χ4n) is 3.63. The number of aromatic nitrogens is 4. The van der Waals surface area contributed by atoms with E-state index in [4.69, 9.17) is 0 Å². The van der Waals surface area contributed by atoms with Crippen LogP contribution in [0.4, 0.5) is 0 Å². The average molecular weight is 450 g/mol. The topological polar surface area (TPSA) is 105 Å². The van der Waals surface area contributed by atoms with E-state index in [1.54, 1.807) is 4.68 Å². The summed E-state index contributed by atoms with van der Waals surface area (Å²) in [7, 11) is 0. The summed E-state index contributed by atoms with van der Waals surface area (Å²) in [5, 5.41) is 17.9. The lowest BCUT2D eigenvalue weighted by Crippen LogP contribution is -2.35. The molecule has 2 N–H and O–H groups in total. The monoisotopic (exact) mass is 449 g/mol. The lowest BCUT2D eigenvalue weighted by atomic mass is 10.0. The molecule has 1 atom stereocenters. The Balaban J connectivity index is 0.00000341. The number of carbonyl (C=O) groups is 2. The summed E-state index contributed by atoms with van der Waals surface area (Å²) >= 11 is 0. The van der Waals surface area contributed by atoms with Crippen LogP contribution in [0, 0.1) is 6.92 Å². The van der Waals surface area contributed by atoms with E-state index in [0.717, 1.165) is 31.4 Å². The quantitative estimate of drug-likeness (QED) is 0.735. The molecule has 9 nitrogen and oxygen atoms in total. The van der Waals surface area contributed by atoms with Crippen LogP contribution in [0.15, 0.2) is 30.3 Å². The summed E-state index contributed by atoms with van der Waals surface area (Å²) in [6, 6.07) is 10.0. The molecule has 31 heavy (non-hydrogen) atoms. The van der Waals surface area contributed by atoms with Crippen molar-refractivity contribution >= 4 is 24.2 Å². The Morgan fingerprint density at radius 3 is 2.65 bits per heavy atom. The van der Waals surface area contributed by atoms with Gasteiger partial charge in [-0.2, -0.15) is 0 Å². The van der Waals surface area contributed by atoms with E-state index in [0.29, 0.717) is 44.8 Å². The minimum atomic E-state index is -0.0288. The van der Waals surface area contributed by atoms with Crippen molar-refractivity contribution in [1.29, 1.82) is 0 Å². The summed E-state index contributed by atoms with van der Waals surface area (Å²) in [4.78, 5) is 27.0. The number of hydrogen-bond donors (Lipinski definition) is 2. The smallest absolute Gasteiger partial charge is 0.224 e. The molecule has 2 aromatic rings. The molecule has 1 aromatic carbocycles. The number of carbonyl (C=O) groups excluding carboxylic acids is 2. The van der Waals surface area contributed by atoms with Crippen LogP contribution in [-0.2, 0) is 16.1 Å². The highest BCUT2D eigenvalue weighted by atomic mass is 35.5. The number of nitrogens with one attached hydrogen (secondary N) is 2. The first-order valence-electron chi connectivity index (χ1n) is 10.7. The summed E-state index contributed by atoms with van der Waals surface area (Å²) in [6.45, 7) is 5.08. The largest absolute Gasteiger partial charge is 0.356 e. The first kappa shape index (κ1) is 24.7. The van der Waals surface area contributed by atoms with Crippen LogP contribution in [0.1, 0.15) is 49.5 Å². The average Bonchev–Trinajstić information content (AvgIpc) is 3.17. The first-order chi connectivity index (χ1) is 14.6. The Kier molecular flexibility index (Phi) is 10.4. The summed E-state index contributed by atoms with van der Waals surface area (Å²) < 4.78 is 1.65. The maximum Gasteiger partial charge on any atom is 0.224 e. The van der Waals surface area contributed by atoms with Crippen molar-refractivity contribution < 1.29 is 9.59 Å². The highest BCUT2D eigenvalue weighted by molar-refractivity contribution is 5.85. The van der Waals surface area contributed by atoms with Gasteiger partial charge < -0.3 is 15.5 Å². The van der Waals surface area contributed by atoms with Crippen molar-refractivity contribution in [3.05, 3.63) is 41.7 Å². The molecule has 1 fully saturated rings. The standard InChI is InChI=1S/C21H31N7O2.ClH/c1-17-24-25-26-28(17)15-10-21(30)27-13-6-5-11-23-20(29)16-19(22-12-7-14-27)18-8-3-2-4-9-18;/h2-4,8-9,19,22H,5-7,10-16H2,1H3,(H,23,29);1H. The van der Waals surface area contributed by atoms with Crippen LogP contribution >= 0.6 is 12.4 Å². The third-order valence-corrected chi connectivity index (χ3v) is 5.37. The van der Waals surface area contributed by atoms with Gasteiger partial charge in [0.05, 0.1) is 6.54 Å². The second-order valence-corrected chi connectivity index (χ2v) is 7.61. The maximum absolute atomic E-state index is 12.8. The predicted octanol–water partition coefficient (Wildman–Crippen LogP) is 1.64. The summed E-state index contributed by atoms with van der Waals surface area (Å²) in [6.07, 6.45) is 3.35. The zero-order chi connectivity index (χ0) is 21.2. The van der Waals surface area contributed by atoms with E-state index in [2.05, 4.69) is 26.2 Å².